The van der Waals surface area contributed by atoms with Crippen molar-refractivity contribution in [2.24, 2.45) is 0 Å². The van der Waals surface area contributed by atoms with Crippen molar-refractivity contribution in [2.75, 3.05) is 13.2 Å². The van der Waals surface area contributed by atoms with Crippen LogP contribution in [0.4, 0.5) is 4.79 Å². The monoisotopic (exact) mass is 281 g/mol. The molecule has 6 heteroatoms. The minimum atomic E-state index is -0.512. The van der Waals surface area contributed by atoms with Gasteiger partial charge < -0.3 is 9.47 Å². The first-order chi connectivity index (χ1) is 9.15. The summed E-state index contributed by atoms with van der Waals surface area (Å²) < 4.78 is 11.0. The summed E-state index contributed by atoms with van der Waals surface area (Å²) in [4.78, 5) is 22.8. The Labute approximate surface area is 115 Å². The van der Waals surface area contributed by atoms with E-state index in [2.05, 4.69) is 5.32 Å². The molecular formula is C13H15NO4S. The first-order valence-electron chi connectivity index (χ1n) is 6.06. The molecule has 1 heterocycles. The molecule has 0 spiro atoms. The molecule has 1 aliphatic rings. The van der Waals surface area contributed by atoms with Crippen molar-refractivity contribution < 1.29 is 19.1 Å². The van der Waals surface area contributed by atoms with Gasteiger partial charge in [0.2, 0.25) is 5.91 Å². The minimum absolute atomic E-state index is 0.290. The van der Waals surface area contributed by atoms with Gasteiger partial charge in [-0.05, 0) is 43.3 Å². The van der Waals surface area contributed by atoms with E-state index in [1.807, 2.05) is 13.8 Å². The van der Waals surface area contributed by atoms with Gasteiger partial charge in [-0.3, -0.25) is 14.9 Å². The largest absolute Gasteiger partial charge is 0.490 e. The van der Waals surface area contributed by atoms with Crippen LogP contribution in [0.15, 0.2) is 18.2 Å². The summed E-state index contributed by atoms with van der Waals surface area (Å²) in [7, 11) is 0. The van der Waals surface area contributed by atoms with Gasteiger partial charge in [-0.25, -0.2) is 0 Å². The van der Waals surface area contributed by atoms with Crippen molar-refractivity contribution in [3.8, 4) is 11.5 Å². The van der Waals surface area contributed by atoms with Crippen molar-refractivity contribution in [3.05, 3.63) is 23.8 Å². The van der Waals surface area contributed by atoms with Gasteiger partial charge in [-0.15, -0.1) is 0 Å². The van der Waals surface area contributed by atoms with E-state index >= 15 is 0 Å². The summed E-state index contributed by atoms with van der Waals surface area (Å²) in [5, 5.41) is 1.44. The zero-order valence-electron chi connectivity index (χ0n) is 10.8. The molecule has 1 saturated heterocycles. The standard InChI is InChI=1S/C13H15NO4S/c1-3-17-9-6-5-8(7-10(9)18-4-2)11-12(15)14-13(16)19-11/h5-7,11H,3-4H2,1-2H3,(H,14,15,16). The third-order valence-electron chi connectivity index (χ3n) is 2.56. The van der Waals surface area contributed by atoms with Crippen molar-refractivity contribution in [1.82, 2.24) is 5.32 Å². The summed E-state index contributed by atoms with van der Waals surface area (Å²) in [5.41, 5.74) is 0.736. The van der Waals surface area contributed by atoms with E-state index in [9.17, 15) is 9.59 Å². The van der Waals surface area contributed by atoms with E-state index in [0.29, 0.717) is 24.7 Å². The highest BCUT2D eigenvalue weighted by atomic mass is 32.2. The van der Waals surface area contributed by atoms with Gasteiger partial charge in [-0.2, -0.15) is 0 Å². The fraction of sp³-hybridized carbons (Fsp3) is 0.385. The van der Waals surface area contributed by atoms with E-state index < -0.39 is 5.25 Å². The number of carbonyl (C=O) groups is 2. The van der Waals surface area contributed by atoms with Gasteiger partial charge in [0.15, 0.2) is 11.5 Å². The Bertz CT molecular complexity index is 503. The van der Waals surface area contributed by atoms with Gasteiger partial charge >= 0.3 is 0 Å². The molecule has 0 saturated carbocycles. The van der Waals surface area contributed by atoms with Gasteiger partial charge in [0.25, 0.3) is 5.24 Å². The summed E-state index contributed by atoms with van der Waals surface area (Å²) in [5.74, 6) is 0.944. The topological polar surface area (TPSA) is 64.6 Å². The second kappa shape index (κ2) is 5.97. The maximum absolute atomic E-state index is 11.6. The smallest absolute Gasteiger partial charge is 0.286 e. The average Bonchev–Trinajstić information content (AvgIpc) is 2.71. The van der Waals surface area contributed by atoms with Crippen LogP contribution in [0.5, 0.6) is 11.5 Å². The lowest BCUT2D eigenvalue weighted by molar-refractivity contribution is -0.119. The molecule has 0 bridgehead atoms. The van der Waals surface area contributed by atoms with Crippen molar-refractivity contribution in [3.63, 3.8) is 0 Å². The molecule has 1 atom stereocenters. The molecule has 5 nitrogen and oxygen atoms in total. The summed E-state index contributed by atoms with van der Waals surface area (Å²) >= 11 is 0.977. The van der Waals surface area contributed by atoms with E-state index in [1.165, 1.54) is 0 Å². The molecule has 1 N–H and O–H groups in total. The third-order valence-corrected chi connectivity index (χ3v) is 3.60. The van der Waals surface area contributed by atoms with Crippen LogP contribution in [-0.4, -0.2) is 24.4 Å². The Morgan fingerprint density at radius 2 is 1.84 bits per heavy atom. The van der Waals surface area contributed by atoms with Crippen LogP contribution in [0.3, 0.4) is 0 Å². The van der Waals surface area contributed by atoms with Crippen LogP contribution in [0, 0.1) is 0 Å². The van der Waals surface area contributed by atoms with Crippen molar-refractivity contribution in [2.45, 2.75) is 19.1 Å². The predicted octanol–water partition coefficient (Wildman–Crippen LogP) is 2.51. The van der Waals surface area contributed by atoms with Crippen LogP contribution < -0.4 is 14.8 Å². The number of imide groups is 1. The van der Waals surface area contributed by atoms with Crippen LogP contribution >= 0.6 is 11.8 Å². The second-order valence-corrected chi connectivity index (χ2v) is 4.92. The van der Waals surface area contributed by atoms with Crippen LogP contribution in [0.2, 0.25) is 0 Å². The number of thioether (sulfide) groups is 1. The average molecular weight is 281 g/mol. The first-order valence-corrected chi connectivity index (χ1v) is 6.94. The van der Waals surface area contributed by atoms with Gasteiger partial charge in [0, 0.05) is 0 Å². The summed E-state index contributed by atoms with van der Waals surface area (Å²) in [6.07, 6.45) is 0. The second-order valence-electron chi connectivity index (χ2n) is 3.85. The summed E-state index contributed by atoms with van der Waals surface area (Å²) in [6, 6.07) is 5.30. The lowest BCUT2D eigenvalue weighted by Crippen LogP contribution is -2.20. The number of nitrogens with one attached hydrogen (secondary N) is 1. The van der Waals surface area contributed by atoms with E-state index in [1.54, 1.807) is 18.2 Å². The zero-order chi connectivity index (χ0) is 13.8. The van der Waals surface area contributed by atoms with Crippen LogP contribution in [-0.2, 0) is 4.79 Å². The van der Waals surface area contributed by atoms with Gasteiger partial charge in [0.1, 0.15) is 5.25 Å². The molecule has 2 rings (SSSR count). The highest BCUT2D eigenvalue weighted by molar-refractivity contribution is 8.15. The highest BCUT2D eigenvalue weighted by Crippen LogP contribution is 2.38. The van der Waals surface area contributed by atoms with Gasteiger partial charge in [-0.1, -0.05) is 6.07 Å². The normalized spacial score (nSPS) is 18.3. The molecule has 0 aromatic heterocycles. The molecule has 0 radical (unpaired) electrons. The highest BCUT2D eigenvalue weighted by Gasteiger charge is 2.33. The van der Waals surface area contributed by atoms with Crippen LogP contribution in [0.1, 0.15) is 24.7 Å². The Morgan fingerprint density at radius 3 is 2.42 bits per heavy atom. The maximum Gasteiger partial charge on any atom is 0.286 e. The van der Waals surface area contributed by atoms with E-state index in [-0.39, 0.29) is 11.1 Å². The molecule has 19 heavy (non-hydrogen) atoms. The number of rotatable bonds is 5. The lowest BCUT2D eigenvalue weighted by Gasteiger charge is -2.13. The molecule has 0 aliphatic carbocycles. The Morgan fingerprint density at radius 1 is 1.16 bits per heavy atom. The van der Waals surface area contributed by atoms with Crippen LogP contribution in [0.25, 0.3) is 0 Å². The number of ether oxygens (including phenoxy) is 2. The quantitative estimate of drug-likeness (QED) is 0.898. The molecule has 1 aromatic rings. The zero-order valence-corrected chi connectivity index (χ0v) is 11.6. The van der Waals surface area contributed by atoms with Gasteiger partial charge in [0.05, 0.1) is 13.2 Å². The lowest BCUT2D eigenvalue weighted by atomic mass is 10.1. The van der Waals surface area contributed by atoms with E-state index in [0.717, 1.165) is 17.3 Å². The molecule has 1 aliphatic heterocycles. The first kappa shape index (κ1) is 13.7. The molecule has 1 fully saturated rings. The minimum Gasteiger partial charge on any atom is -0.490 e. The number of hydrogen-bond acceptors (Lipinski definition) is 5. The predicted molar refractivity (Wildman–Crippen MR) is 72.7 cm³/mol. The fourth-order valence-corrected chi connectivity index (χ4v) is 2.63. The van der Waals surface area contributed by atoms with E-state index in [4.69, 9.17) is 9.47 Å². The molecule has 1 aromatic carbocycles. The number of benzene rings is 1. The third kappa shape index (κ3) is 3.01. The maximum atomic E-state index is 11.6. The number of amides is 2. The SMILES string of the molecule is CCOc1ccc(C2SC(=O)NC2=O)cc1OCC. The molecule has 2 amide bonds. The van der Waals surface area contributed by atoms with Crippen molar-refractivity contribution >= 4 is 22.9 Å². The Balaban J connectivity index is 2.29. The molecular weight excluding hydrogens is 266 g/mol. The Hall–Kier alpha value is -1.69. The van der Waals surface area contributed by atoms with Crippen molar-refractivity contribution in [1.29, 1.82) is 0 Å². The number of hydrogen-bond donors (Lipinski definition) is 1. The summed E-state index contributed by atoms with van der Waals surface area (Å²) in [6.45, 7) is 4.81. The molecule has 102 valence electrons. The molecule has 1 unspecified atom stereocenters. The number of carbonyl (C=O) groups excluding carboxylic acids is 2. The Kier molecular flexibility index (Phi) is 4.31. The fourth-order valence-electron chi connectivity index (χ4n) is 1.81.